The smallest absolute Gasteiger partial charge is 0.253 e. The lowest BCUT2D eigenvalue weighted by molar-refractivity contribution is -0.136. The topological polar surface area (TPSA) is 112 Å². The second-order valence-electron chi connectivity index (χ2n) is 9.20. The van der Waals surface area contributed by atoms with Gasteiger partial charge in [0.2, 0.25) is 11.9 Å². The van der Waals surface area contributed by atoms with Gasteiger partial charge in [0, 0.05) is 45.1 Å². The first-order chi connectivity index (χ1) is 18.5. The van der Waals surface area contributed by atoms with Crippen LogP contribution in [0.1, 0.15) is 21.5 Å². The number of ether oxygens (including phenoxy) is 1. The Kier molecular flexibility index (Phi) is 8.16. The molecule has 2 amide bonds. The molecule has 1 saturated heterocycles. The van der Waals surface area contributed by atoms with E-state index in [1.165, 1.54) is 11.1 Å². The normalized spacial score (nSPS) is 15.5. The molecule has 3 heterocycles. The predicted octanol–water partition coefficient (Wildman–Crippen LogP) is 3.30. The molecule has 0 radical (unpaired) electrons. The van der Waals surface area contributed by atoms with E-state index >= 15 is 0 Å². The van der Waals surface area contributed by atoms with Crippen molar-refractivity contribution in [2.75, 3.05) is 57.1 Å². The molecule has 1 aromatic heterocycles. The minimum atomic E-state index is -0.189. The number of hydrogen-bond acceptors (Lipinski definition) is 8. The zero-order valence-corrected chi connectivity index (χ0v) is 22.8. The molecule has 198 valence electrons. The molecule has 0 unspecified atom stereocenters. The molecular formula is C27H30BrN7O3. The summed E-state index contributed by atoms with van der Waals surface area (Å²) in [5.74, 6) is 0.923. The maximum absolute atomic E-state index is 12.7. The Balaban J connectivity index is 1.28. The van der Waals surface area contributed by atoms with E-state index in [1.54, 1.807) is 19.3 Å². The standard InChI is InChI=1S/C27H30BrN7O3/c1-29-26(37)21-4-2-3-5-23(21)32-25-22(28)15-30-27(33-25)31-20-7-6-18-8-9-34(16-19(18)14-20)17-24(36)35-10-12-38-13-11-35/h2-7,14-15H,8-13,16-17H2,1H3,(H,29,37)(H2,30,31,32,33). The summed E-state index contributed by atoms with van der Waals surface area (Å²) >= 11 is 3.50. The van der Waals surface area contributed by atoms with Crippen LogP contribution in [-0.2, 0) is 22.5 Å². The number of aromatic nitrogens is 2. The van der Waals surface area contributed by atoms with Crippen molar-refractivity contribution in [1.82, 2.24) is 25.1 Å². The summed E-state index contributed by atoms with van der Waals surface area (Å²) in [7, 11) is 1.60. The number of morpholine rings is 1. The Bertz CT molecular complexity index is 1330. The van der Waals surface area contributed by atoms with Gasteiger partial charge in [-0.15, -0.1) is 0 Å². The van der Waals surface area contributed by atoms with Crippen LogP contribution in [0.15, 0.2) is 53.1 Å². The fraction of sp³-hybridized carbons (Fsp3) is 0.333. The molecule has 0 atom stereocenters. The second-order valence-corrected chi connectivity index (χ2v) is 10.1. The van der Waals surface area contributed by atoms with Crippen LogP contribution in [-0.4, -0.2) is 78.0 Å². The van der Waals surface area contributed by atoms with Gasteiger partial charge in [0.25, 0.3) is 5.91 Å². The van der Waals surface area contributed by atoms with E-state index in [1.807, 2.05) is 29.2 Å². The van der Waals surface area contributed by atoms with Crippen molar-refractivity contribution < 1.29 is 14.3 Å². The molecule has 11 heteroatoms. The third-order valence-corrected chi connectivity index (χ3v) is 7.25. The van der Waals surface area contributed by atoms with Gasteiger partial charge in [-0.05, 0) is 57.7 Å². The summed E-state index contributed by atoms with van der Waals surface area (Å²) in [6.45, 7) is 4.54. The number of halogens is 1. The number of nitrogens with zero attached hydrogens (tertiary/aromatic N) is 4. The van der Waals surface area contributed by atoms with E-state index in [0.717, 1.165) is 18.7 Å². The summed E-state index contributed by atoms with van der Waals surface area (Å²) in [6, 6.07) is 13.5. The van der Waals surface area contributed by atoms with Crippen molar-refractivity contribution in [2.45, 2.75) is 13.0 Å². The number of anilines is 4. The first-order valence-electron chi connectivity index (χ1n) is 12.6. The molecule has 2 aliphatic heterocycles. The molecule has 0 aliphatic carbocycles. The van der Waals surface area contributed by atoms with Gasteiger partial charge in [0.15, 0.2) is 0 Å². The highest BCUT2D eigenvalue weighted by Crippen LogP contribution is 2.28. The second kappa shape index (κ2) is 11.9. The number of carbonyl (C=O) groups excluding carboxylic acids is 2. The first kappa shape index (κ1) is 26.1. The van der Waals surface area contributed by atoms with Crippen LogP contribution in [0.2, 0.25) is 0 Å². The zero-order chi connectivity index (χ0) is 26.5. The van der Waals surface area contributed by atoms with Crippen molar-refractivity contribution in [3.05, 3.63) is 69.8 Å². The SMILES string of the molecule is CNC(=O)c1ccccc1Nc1nc(Nc2ccc3c(c2)CN(CC(=O)N2CCOCC2)CC3)ncc1Br. The maximum Gasteiger partial charge on any atom is 0.253 e. The fourth-order valence-corrected chi connectivity index (χ4v) is 4.92. The van der Waals surface area contributed by atoms with Gasteiger partial charge in [0.1, 0.15) is 5.82 Å². The number of fused-ring (bicyclic) bond motifs is 1. The van der Waals surface area contributed by atoms with Crippen molar-refractivity contribution in [1.29, 1.82) is 0 Å². The van der Waals surface area contributed by atoms with Crippen LogP contribution in [0.25, 0.3) is 0 Å². The van der Waals surface area contributed by atoms with Crippen molar-refractivity contribution in [3.8, 4) is 0 Å². The molecule has 0 spiro atoms. The molecule has 0 bridgehead atoms. The van der Waals surface area contributed by atoms with Crippen molar-refractivity contribution >= 4 is 50.9 Å². The third kappa shape index (κ3) is 6.12. The van der Waals surface area contributed by atoms with Gasteiger partial charge in [-0.2, -0.15) is 4.98 Å². The minimum Gasteiger partial charge on any atom is -0.378 e. The molecular weight excluding hydrogens is 550 g/mol. The predicted molar refractivity (Wildman–Crippen MR) is 149 cm³/mol. The van der Waals surface area contributed by atoms with Gasteiger partial charge in [0.05, 0.1) is 35.5 Å². The van der Waals surface area contributed by atoms with Crippen molar-refractivity contribution in [2.24, 2.45) is 0 Å². The highest BCUT2D eigenvalue weighted by atomic mass is 79.9. The van der Waals surface area contributed by atoms with Crippen LogP contribution in [0.4, 0.5) is 23.1 Å². The quantitative estimate of drug-likeness (QED) is 0.391. The minimum absolute atomic E-state index is 0.160. The molecule has 38 heavy (non-hydrogen) atoms. The summed E-state index contributed by atoms with van der Waals surface area (Å²) in [4.78, 5) is 38.1. The Morgan fingerprint density at radius 2 is 1.87 bits per heavy atom. The van der Waals surface area contributed by atoms with E-state index in [2.05, 4.69) is 58.9 Å². The molecule has 0 saturated carbocycles. The molecule has 10 nitrogen and oxygen atoms in total. The summed E-state index contributed by atoms with van der Waals surface area (Å²) in [5, 5.41) is 9.18. The maximum atomic E-state index is 12.7. The Morgan fingerprint density at radius 1 is 1.05 bits per heavy atom. The fourth-order valence-electron chi connectivity index (χ4n) is 4.63. The van der Waals surface area contributed by atoms with Gasteiger partial charge in [-0.1, -0.05) is 18.2 Å². The number of hydrogen-bond donors (Lipinski definition) is 3. The van der Waals surface area contributed by atoms with Gasteiger partial charge in [-0.25, -0.2) is 4.98 Å². The lowest BCUT2D eigenvalue weighted by atomic mass is 9.99. The Morgan fingerprint density at radius 3 is 2.68 bits per heavy atom. The molecule has 1 fully saturated rings. The van der Waals surface area contributed by atoms with E-state index in [0.29, 0.717) is 66.9 Å². The third-order valence-electron chi connectivity index (χ3n) is 6.67. The molecule has 3 N–H and O–H groups in total. The molecule has 2 aromatic carbocycles. The summed E-state index contributed by atoms with van der Waals surface area (Å²) in [5.41, 5.74) is 4.49. The van der Waals surface area contributed by atoms with Crippen LogP contribution >= 0.6 is 15.9 Å². The monoisotopic (exact) mass is 579 g/mol. The summed E-state index contributed by atoms with van der Waals surface area (Å²) in [6.07, 6.45) is 2.57. The van der Waals surface area contributed by atoms with Crippen molar-refractivity contribution in [3.63, 3.8) is 0 Å². The largest absolute Gasteiger partial charge is 0.378 e. The van der Waals surface area contributed by atoms with Gasteiger partial charge in [-0.3, -0.25) is 14.5 Å². The van der Waals surface area contributed by atoms with E-state index in [4.69, 9.17) is 4.74 Å². The van der Waals surface area contributed by atoms with Crippen LogP contribution in [0.3, 0.4) is 0 Å². The number of carbonyl (C=O) groups is 2. The van der Waals surface area contributed by atoms with Crippen LogP contribution in [0, 0.1) is 0 Å². The molecule has 5 rings (SSSR count). The number of nitrogens with one attached hydrogen (secondary N) is 3. The average Bonchev–Trinajstić information content (AvgIpc) is 2.95. The highest BCUT2D eigenvalue weighted by Gasteiger charge is 2.23. The van der Waals surface area contributed by atoms with E-state index in [9.17, 15) is 9.59 Å². The summed E-state index contributed by atoms with van der Waals surface area (Å²) < 4.78 is 6.03. The molecule has 3 aromatic rings. The number of rotatable bonds is 7. The highest BCUT2D eigenvalue weighted by molar-refractivity contribution is 9.10. The Hall–Kier alpha value is -3.54. The first-order valence-corrected chi connectivity index (χ1v) is 13.4. The number of para-hydroxylation sites is 1. The average molecular weight is 580 g/mol. The van der Waals surface area contributed by atoms with Gasteiger partial charge < -0.3 is 25.6 Å². The van der Waals surface area contributed by atoms with E-state index in [-0.39, 0.29) is 11.8 Å². The van der Waals surface area contributed by atoms with E-state index < -0.39 is 0 Å². The lowest BCUT2D eigenvalue weighted by Gasteiger charge is -2.32. The van der Waals surface area contributed by atoms with Crippen LogP contribution in [0.5, 0.6) is 0 Å². The number of amides is 2. The van der Waals surface area contributed by atoms with Gasteiger partial charge >= 0.3 is 0 Å². The molecule has 2 aliphatic rings. The van der Waals surface area contributed by atoms with Crippen LogP contribution < -0.4 is 16.0 Å². The zero-order valence-electron chi connectivity index (χ0n) is 21.2. The lowest BCUT2D eigenvalue weighted by Crippen LogP contribution is -2.46. The number of benzene rings is 2. The Labute approximate surface area is 229 Å².